The molecule has 0 saturated carbocycles. The van der Waals surface area contributed by atoms with E-state index >= 15 is 0 Å². The lowest BCUT2D eigenvalue weighted by atomic mass is 10.2. The number of hydrogen-bond acceptors (Lipinski definition) is 4. The van der Waals surface area contributed by atoms with E-state index in [2.05, 4.69) is 0 Å². The van der Waals surface area contributed by atoms with Crippen LogP contribution in [0.3, 0.4) is 0 Å². The number of hydrogen-bond donors (Lipinski definition) is 0. The summed E-state index contributed by atoms with van der Waals surface area (Å²) in [5, 5.41) is 12.2. The number of rotatable bonds is 3. The quantitative estimate of drug-likeness (QED) is 0.633. The summed E-state index contributed by atoms with van der Waals surface area (Å²) in [6.07, 6.45) is 0. The third kappa shape index (κ3) is 2.30. The summed E-state index contributed by atoms with van der Waals surface area (Å²) in [7, 11) is 0. The largest absolute Gasteiger partial charge is 0.307 e. The second kappa shape index (κ2) is 4.69. The monoisotopic (exact) mass is 268 g/mol. The van der Waals surface area contributed by atoms with Gasteiger partial charge in [-0.15, -0.1) is 0 Å². The maximum atomic E-state index is 13.4. The lowest BCUT2D eigenvalue weighted by Crippen LogP contribution is -2.15. The zero-order chi connectivity index (χ0) is 13.3. The molecule has 0 aliphatic rings. The average molecular weight is 268 g/mol. The Labute approximate surface area is 105 Å². The van der Waals surface area contributed by atoms with Gasteiger partial charge in [-0.1, -0.05) is 17.4 Å². The molecular weight excluding hydrogens is 259 g/mol. The molecule has 7 heteroatoms. The van der Waals surface area contributed by atoms with E-state index < -0.39 is 16.4 Å². The Bertz CT molecular complexity index is 663. The summed E-state index contributed by atoms with van der Waals surface area (Å²) in [6, 6.07) is 3.64. The Morgan fingerprint density at radius 3 is 2.72 bits per heavy atom. The van der Waals surface area contributed by atoms with E-state index in [1.165, 1.54) is 10.6 Å². The molecule has 94 valence electrons. The predicted octanol–water partition coefficient (Wildman–Crippen LogP) is 2.31. The Kier molecular flexibility index (Phi) is 3.24. The van der Waals surface area contributed by atoms with Crippen molar-refractivity contribution >= 4 is 17.0 Å². The van der Waals surface area contributed by atoms with Crippen molar-refractivity contribution in [3.8, 4) is 0 Å². The molecule has 0 radical (unpaired) electrons. The maximum Gasteiger partial charge on any atom is 0.307 e. The Balaban J connectivity index is 2.34. The number of nitro benzene ring substituents is 1. The van der Waals surface area contributed by atoms with Crippen LogP contribution in [0.25, 0.3) is 0 Å². The summed E-state index contributed by atoms with van der Waals surface area (Å²) < 4.78 is 14.9. The van der Waals surface area contributed by atoms with Crippen LogP contribution in [-0.4, -0.2) is 9.49 Å². The molecule has 5 nitrogen and oxygen atoms in total. The smallest absolute Gasteiger partial charge is 0.299 e. The van der Waals surface area contributed by atoms with E-state index in [4.69, 9.17) is 0 Å². The third-order valence-electron chi connectivity index (χ3n) is 2.53. The van der Waals surface area contributed by atoms with Crippen LogP contribution >= 0.6 is 11.3 Å². The van der Waals surface area contributed by atoms with Gasteiger partial charge in [0, 0.05) is 17.1 Å². The minimum atomic E-state index is -0.890. The van der Waals surface area contributed by atoms with Gasteiger partial charge in [0.05, 0.1) is 11.5 Å². The van der Waals surface area contributed by atoms with E-state index in [-0.39, 0.29) is 11.4 Å². The second-order valence-corrected chi connectivity index (χ2v) is 4.59. The standard InChI is InChI=1S/C11H9FN2O3S/c1-7-6-18-11(15)13(7)5-8-2-3-10(14(16)17)9(12)4-8/h2-4,6H,5H2,1H3. The van der Waals surface area contributed by atoms with Crippen LogP contribution in [0.5, 0.6) is 0 Å². The summed E-state index contributed by atoms with van der Waals surface area (Å²) in [6.45, 7) is 1.99. The Hall–Kier alpha value is -2.02. The first-order valence-corrected chi connectivity index (χ1v) is 5.95. The highest BCUT2D eigenvalue weighted by molar-refractivity contribution is 7.07. The summed E-state index contributed by atoms with van der Waals surface area (Å²) in [5.74, 6) is -0.890. The normalized spacial score (nSPS) is 10.6. The van der Waals surface area contributed by atoms with Gasteiger partial charge in [0.1, 0.15) is 0 Å². The summed E-state index contributed by atoms with van der Waals surface area (Å²) >= 11 is 1.07. The van der Waals surface area contributed by atoms with Gasteiger partial charge in [-0.05, 0) is 18.6 Å². The number of nitro groups is 1. The minimum Gasteiger partial charge on any atom is -0.299 e. The Morgan fingerprint density at radius 1 is 1.50 bits per heavy atom. The van der Waals surface area contributed by atoms with Crippen molar-refractivity contribution in [3.05, 3.63) is 60.4 Å². The number of aromatic nitrogens is 1. The van der Waals surface area contributed by atoms with Gasteiger partial charge in [-0.2, -0.15) is 4.39 Å². The van der Waals surface area contributed by atoms with Gasteiger partial charge in [-0.3, -0.25) is 19.5 Å². The van der Waals surface area contributed by atoms with E-state index in [0.717, 1.165) is 29.2 Å². The average Bonchev–Trinajstić information content (AvgIpc) is 2.60. The van der Waals surface area contributed by atoms with Gasteiger partial charge in [0.25, 0.3) is 0 Å². The molecule has 0 bridgehead atoms. The molecule has 0 aliphatic heterocycles. The first kappa shape index (κ1) is 12.4. The maximum absolute atomic E-state index is 13.4. The van der Waals surface area contributed by atoms with E-state index in [1.807, 2.05) is 0 Å². The second-order valence-electron chi connectivity index (χ2n) is 3.77. The van der Waals surface area contributed by atoms with Crippen molar-refractivity contribution in [2.75, 3.05) is 0 Å². The first-order valence-electron chi connectivity index (χ1n) is 5.07. The third-order valence-corrected chi connectivity index (χ3v) is 3.41. The lowest BCUT2D eigenvalue weighted by Gasteiger charge is -2.04. The van der Waals surface area contributed by atoms with Gasteiger partial charge in [0.15, 0.2) is 0 Å². The van der Waals surface area contributed by atoms with Crippen molar-refractivity contribution < 1.29 is 9.31 Å². The molecule has 0 spiro atoms. The van der Waals surface area contributed by atoms with E-state index in [9.17, 15) is 19.3 Å². The highest BCUT2D eigenvalue weighted by Crippen LogP contribution is 2.18. The van der Waals surface area contributed by atoms with Crippen LogP contribution in [0.15, 0.2) is 28.4 Å². The molecule has 0 unspecified atom stereocenters. The van der Waals surface area contributed by atoms with Crippen molar-refractivity contribution in [2.45, 2.75) is 13.5 Å². The van der Waals surface area contributed by atoms with Gasteiger partial charge >= 0.3 is 10.6 Å². The minimum absolute atomic E-state index is 0.133. The fraction of sp³-hybridized carbons (Fsp3) is 0.182. The van der Waals surface area contributed by atoms with Gasteiger partial charge in [-0.25, -0.2) is 0 Å². The van der Waals surface area contributed by atoms with Crippen LogP contribution in [0.4, 0.5) is 10.1 Å². The van der Waals surface area contributed by atoms with Crippen LogP contribution in [-0.2, 0) is 6.54 Å². The van der Waals surface area contributed by atoms with E-state index in [1.54, 1.807) is 12.3 Å². The van der Waals surface area contributed by atoms with Crippen LogP contribution in [0, 0.1) is 22.9 Å². The fourth-order valence-electron chi connectivity index (χ4n) is 1.58. The molecule has 0 N–H and O–H groups in total. The Morgan fingerprint density at radius 2 is 2.22 bits per heavy atom. The van der Waals surface area contributed by atoms with Crippen LogP contribution in [0.2, 0.25) is 0 Å². The van der Waals surface area contributed by atoms with Crippen molar-refractivity contribution in [3.63, 3.8) is 0 Å². The van der Waals surface area contributed by atoms with Crippen LogP contribution in [0.1, 0.15) is 11.3 Å². The predicted molar refractivity (Wildman–Crippen MR) is 65.5 cm³/mol. The van der Waals surface area contributed by atoms with Crippen molar-refractivity contribution in [1.82, 2.24) is 4.57 Å². The molecule has 0 atom stereocenters. The number of aryl methyl sites for hydroxylation is 1. The molecule has 0 saturated heterocycles. The summed E-state index contributed by atoms with van der Waals surface area (Å²) in [4.78, 5) is 21.0. The zero-order valence-electron chi connectivity index (χ0n) is 9.42. The number of thiazole rings is 1. The molecule has 2 rings (SSSR count). The van der Waals surface area contributed by atoms with Crippen molar-refractivity contribution in [1.29, 1.82) is 0 Å². The molecule has 1 aromatic carbocycles. The van der Waals surface area contributed by atoms with Gasteiger partial charge in [0.2, 0.25) is 5.82 Å². The number of benzene rings is 1. The van der Waals surface area contributed by atoms with Crippen molar-refractivity contribution in [2.24, 2.45) is 0 Å². The van der Waals surface area contributed by atoms with Crippen LogP contribution < -0.4 is 4.87 Å². The first-order chi connectivity index (χ1) is 8.49. The molecule has 1 heterocycles. The number of halogens is 1. The fourth-order valence-corrected chi connectivity index (χ4v) is 2.31. The SMILES string of the molecule is Cc1csc(=O)n1Cc1ccc([N+](=O)[O-])c(F)c1. The molecule has 2 aromatic rings. The zero-order valence-corrected chi connectivity index (χ0v) is 10.2. The van der Waals surface area contributed by atoms with E-state index in [0.29, 0.717) is 5.56 Å². The molecule has 0 fully saturated rings. The van der Waals surface area contributed by atoms with Gasteiger partial charge < -0.3 is 0 Å². The summed E-state index contributed by atoms with van der Waals surface area (Å²) in [5.41, 5.74) is 0.735. The lowest BCUT2D eigenvalue weighted by molar-refractivity contribution is -0.387. The molecule has 0 aliphatic carbocycles. The highest BCUT2D eigenvalue weighted by atomic mass is 32.1. The number of nitrogens with zero attached hydrogens (tertiary/aromatic N) is 2. The highest BCUT2D eigenvalue weighted by Gasteiger charge is 2.14. The molecule has 0 amide bonds. The molecular formula is C11H9FN2O3S. The molecule has 1 aromatic heterocycles. The molecule has 18 heavy (non-hydrogen) atoms. The topological polar surface area (TPSA) is 65.1 Å².